The van der Waals surface area contributed by atoms with Gasteiger partial charge in [-0.3, -0.25) is 0 Å². The molecule has 1 saturated heterocycles. The first kappa shape index (κ1) is 13.2. The topological polar surface area (TPSA) is 24.5 Å². The van der Waals surface area contributed by atoms with Gasteiger partial charge in [-0.15, -0.1) is 0 Å². The Labute approximate surface area is 110 Å². The van der Waals surface area contributed by atoms with Gasteiger partial charge in [0.25, 0.3) is 0 Å². The average molecular weight is 248 g/mol. The number of ether oxygens (including phenoxy) is 1. The van der Waals surface area contributed by atoms with E-state index in [4.69, 9.17) is 4.74 Å². The first-order valence-electron chi connectivity index (χ1n) is 6.74. The molecule has 1 aromatic rings. The lowest BCUT2D eigenvalue weighted by atomic mass is 10.0. The summed E-state index contributed by atoms with van der Waals surface area (Å²) in [6, 6.07) is 8.33. The number of anilines is 1. The van der Waals surface area contributed by atoms with Crippen LogP contribution in [0.3, 0.4) is 0 Å². The maximum Gasteiger partial charge on any atom is 0.142 e. The highest BCUT2D eigenvalue weighted by Gasteiger charge is 2.33. The Bertz CT molecular complexity index is 405. The number of hydrogen-bond donors (Lipinski definition) is 1. The maximum absolute atomic E-state index is 5.90. The van der Waals surface area contributed by atoms with Crippen molar-refractivity contribution in [2.24, 2.45) is 0 Å². The fourth-order valence-corrected chi connectivity index (χ4v) is 2.44. The van der Waals surface area contributed by atoms with Crippen molar-refractivity contribution >= 4 is 5.69 Å². The second kappa shape index (κ2) is 5.19. The standard InChI is InChI=1S/C15H24N2O/c1-12(2)18-14-8-6-5-7-13(14)17-10-9-15(3,11-17)16-4/h5-8,12,16H,9-11H2,1-4H3. The van der Waals surface area contributed by atoms with Crippen molar-refractivity contribution in [2.45, 2.75) is 38.8 Å². The molecule has 0 saturated carbocycles. The van der Waals surface area contributed by atoms with Crippen LogP contribution in [0.15, 0.2) is 24.3 Å². The Kier molecular flexibility index (Phi) is 3.81. The smallest absolute Gasteiger partial charge is 0.142 e. The lowest BCUT2D eigenvalue weighted by Crippen LogP contribution is -2.42. The van der Waals surface area contributed by atoms with Gasteiger partial charge in [0.15, 0.2) is 0 Å². The molecule has 18 heavy (non-hydrogen) atoms. The number of rotatable bonds is 4. The predicted molar refractivity (Wildman–Crippen MR) is 76.5 cm³/mol. The summed E-state index contributed by atoms with van der Waals surface area (Å²) in [5.41, 5.74) is 1.43. The molecule has 0 bridgehead atoms. The Morgan fingerprint density at radius 3 is 2.67 bits per heavy atom. The lowest BCUT2D eigenvalue weighted by Gasteiger charge is -2.26. The molecule has 1 aromatic carbocycles. The highest BCUT2D eigenvalue weighted by atomic mass is 16.5. The first-order valence-corrected chi connectivity index (χ1v) is 6.74. The molecule has 1 aliphatic heterocycles. The Morgan fingerprint density at radius 1 is 1.33 bits per heavy atom. The van der Waals surface area contributed by atoms with E-state index in [2.05, 4.69) is 49.2 Å². The SMILES string of the molecule is CNC1(C)CCN(c2ccccc2OC(C)C)C1. The minimum atomic E-state index is 0.212. The van der Waals surface area contributed by atoms with Crippen LogP contribution in [0.2, 0.25) is 0 Å². The van der Waals surface area contributed by atoms with Crippen LogP contribution < -0.4 is 15.0 Å². The summed E-state index contributed by atoms with van der Waals surface area (Å²) in [5, 5.41) is 3.42. The largest absolute Gasteiger partial charge is 0.489 e. The Hall–Kier alpha value is -1.22. The van der Waals surface area contributed by atoms with Gasteiger partial charge in [-0.05, 0) is 46.4 Å². The van der Waals surface area contributed by atoms with Crippen molar-refractivity contribution in [1.29, 1.82) is 0 Å². The van der Waals surface area contributed by atoms with E-state index in [0.717, 1.165) is 18.8 Å². The van der Waals surface area contributed by atoms with E-state index in [1.54, 1.807) is 0 Å². The number of hydrogen-bond acceptors (Lipinski definition) is 3. The molecule has 3 heteroatoms. The molecule has 1 unspecified atom stereocenters. The van der Waals surface area contributed by atoms with Crippen LogP contribution >= 0.6 is 0 Å². The van der Waals surface area contributed by atoms with Crippen molar-refractivity contribution in [3.8, 4) is 5.75 Å². The molecule has 1 aliphatic rings. The molecule has 1 N–H and O–H groups in total. The van der Waals surface area contributed by atoms with Crippen molar-refractivity contribution in [2.75, 3.05) is 25.0 Å². The van der Waals surface area contributed by atoms with Gasteiger partial charge in [0.2, 0.25) is 0 Å². The monoisotopic (exact) mass is 248 g/mol. The number of benzene rings is 1. The average Bonchev–Trinajstić information content (AvgIpc) is 2.73. The third-order valence-corrected chi connectivity index (χ3v) is 3.65. The van der Waals surface area contributed by atoms with E-state index in [0.29, 0.717) is 0 Å². The summed E-state index contributed by atoms with van der Waals surface area (Å²) in [6.07, 6.45) is 1.38. The van der Waals surface area contributed by atoms with Gasteiger partial charge in [0.1, 0.15) is 5.75 Å². The van der Waals surface area contributed by atoms with E-state index < -0.39 is 0 Å². The van der Waals surface area contributed by atoms with Crippen molar-refractivity contribution in [3.63, 3.8) is 0 Å². The lowest BCUT2D eigenvalue weighted by molar-refractivity contribution is 0.243. The van der Waals surface area contributed by atoms with Crippen LogP contribution in [-0.2, 0) is 0 Å². The molecule has 0 aliphatic carbocycles. The summed E-state index contributed by atoms with van der Waals surface area (Å²) < 4.78 is 5.90. The van der Waals surface area contributed by atoms with Crippen LogP contribution in [0.25, 0.3) is 0 Å². The van der Waals surface area contributed by atoms with Gasteiger partial charge < -0.3 is 15.0 Å². The van der Waals surface area contributed by atoms with Crippen LogP contribution in [0.4, 0.5) is 5.69 Å². The van der Waals surface area contributed by atoms with Crippen LogP contribution in [-0.4, -0.2) is 31.8 Å². The molecule has 0 spiro atoms. The fourth-order valence-electron chi connectivity index (χ4n) is 2.44. The molecule has 2 rings (SSSR count). The van der Waals surface area contributed by atoms with Crippen LogP contribution in [0.1, 0.15) is 27.2 Å². The Morgan fingerprint density at radius 2 is 2.06 bits per heavy atom. The van der Waals surface area contributed by atoms with Crippen molar-refractivity contribution < 1.29 is 4.74 Å². The summed E-state index contributed by atoms with van der Waals surface area (Å²) in [5.74, 6) is 0.993. The second-order valence-electron chi connectivity index (χ2n) is 5.62. The summed E-state index contributed by atoms with van der Waals surface area (Å²) in [6.45, 7) is 8.52. The van der Waals surface area contributed by atoms with E-state index >= 15 is 0 Å². The van der Waals surface area contributed by atoms with Crippen LogP contribution in [0.5, 0.6) is 5.75 Å². The van der Waals surface area contributed by atoms with Gasteiger partial charge in [-0.1, -0.05) is 12.1 Å². The molecule has 0 radical (unpaired) electrons. The highest BCUT2D eigenvalue weighted by Crippen LogP contribution is 2.33. The number of nitrogens with one attached hydrogen (secondary N) is 1. The van der Waals surface area contributed by atoms with Crippen molar-refractivity contribution in [1.82, 2.24) is 5.32 Å². The summed E-state index contributed by atoms with van der Waals surface area (Å²) >= 11 is 0. The maximum atomic E-state index is 5.90. The van der Waals surface area contributed by atoms with Gasteiger partial charge in [-0.2, -0.15) is 0 Å². The molecule has 1 fully saturated rings. The van der Waals surface area contributed by atoms with Gasteiger partial charge >= 0.3 is 0 Å². The zero-order valence-electron chi connectivity index (χ0n) is 11.9. The number of nitrogens with zero attached hydrogens (tertiary/aromatic N) is 1. The van der Waals surface area contributed by atoms with Gasteiger partial charge in [-0.25, -0.2) is 0 Å². The van der Waals surface area contributed by atoms with E-state index in [1.807, 2.05) is 13.1 Å². The molecule has 0 aromatic heterocycles. The molecule has 100 valence electrons. The van der Waals surface area contributed by atoms with E-state index in [-0.39, 0.29) is 11.6 Å². The molecule has 0 amide bonds. The van der Waals surface area contributed by atoms with Gasteiger partial charge in [0, 0.05) is 18.6 Å². The molecule has 1 heterocycles. The third-order valence-electron chi connectivity index (χ3n) is 3.65. The van der Waals surface area contributed by atoms with Gasteiger partial charge in [0.05, 0.1) is 11.8 Å². The zero-order chi connectivity index (χ0) is 13.2. The first-order chi connectivity index (χ1) is 8.54. The van der Waals surface area contributed by atoms with E-state index in [9.17, 15) is 0 Å². The second-order valence-corrected chi connectivity index (χ2v) is 5.62. The minimum Gasteiger partial charge on any atom is -0.489 e. The summed E-state index contributed by atoms with van der Waals surface area (Å²) in [7, 11) is 2.04. The van der Waals surface area contributed by atoms with E-state index in [1.165, 1.54) is 12.1 Å². The molecular weight excluding hydrogens is 224 g/mol. The normalized spacial score (nSPS) is 23.7. The number of likely N-dealkylation sites (N-methyl/N-ethyl adjacent to an activating group) is 1. The fraction of sp³-hybridized carbons (Fsp3) is 0.600. The molecule has 1 atom stereocenters. The number of para-hydroxylation sites is 2. The third kappa shape index (κ3) is 2.78. The molecule has 3 nitrogen and oxygen atoms in total. The zero-order valence-corrected chi connectivity index (χ0v) is 11.9. The molecular formula is C15H24N2O. The summed E-state index contributed by atoms with van der Waals surface area (Å²) in [4.78, 5) is 2.41. The minimum absolute atomic E-state index is 0.212. The van der Waals surface area contributed by atoms with Crippen molar-refractivity contribution in [3.05, 3.63) is 24.3 Å². The Balaban J connectivity index is 2.19. The van der Waals surface area contributed by atoms with Crippen LogP contribution in [0, 0.1) is 0 Å². The highest BCUT2D eigenvalue weighted by molar-refractivity contribution is 5.59. The quantitative estimate of drug-likeness (QED) is 0.886. The predicted octanol–water partition coefficient (Wildman–Crippen LogP) is 2.66.